The summed E-state index contributed by atoms with van der Waals surface area (Å²) in [5, 5.41) is 9.52. The van der Waals surface area contributed by atoms with Crippen LogP contribution in [0.2, 0.25) is 0 Å². The number of likely N-dealkylation sites (tertiary alicyclic amines) is 1. The van der Waals surface area contributed by atoms with Crippen LogP contribution in [0.15, 0.2) is 0 Å². The van der Waals surface area contributed by atoms with Gasteiger partial charge in [-0.3, -0.25) is 0 Å². The van der Waals surface area contributed by atoms with E-state index in [0.717, 1.165) is 19.6 Å². The third-order valence-electron chi connectivity index (χ3n) is 2.41. The predicted molar refractivity (Wildman–Crippen MR) is 41.9 cm³/mol. The Morgan fingerprint density at radius 2 is 2.20 bits per heavy atom. The van der Waals surface area contributed by atoms with Crippen LogP contribution in [0, 0.1) is 5.41 Å². The highest BCUT2D eigenvalue weighted by Gasteiger charge is 2.36. The minimum absolute atomic E-state index is 0.107. The minimum Gasteiger partial charge on any atom is -0.391 e. The van der Waals surface area contributed by atoms with Gasteiger partial charge in [-0.25, -0.2) is 0 Å². The summed E-state index contributed by atoms with van der Waals surface area (Å²) in [6.07, 6.45) is -0.132. The number of nitrogens with zero attached hydrogens (tertiary/aromatic N) is 1. The quantitative estimate of drug-likeness (QED) is 0.584. The fourth-order valence-electron chi connectivity index (χ4n) is 1.48. The Balaban J connectivity index is 2.53. The second kappa shape index (κ2) is 2.51. The molecular formula is C8H17NO. The molecule has 1 saturated heterocycles. The molecule has 1 rings (SSSR count). The monoisotopic (exact) mass is 143 g/mol. The average Bonchev–Trinajstić information content (AvgIpc) is 2.08. The Morgan fingerprint density at radius 3 is 2.40 bits per heavy atom. The maximum absolute atomic E-state index is 9.52. The topological polar surface area (TPSA) is 23.5 Å². The van der Waals surface area contributed by atoms with E-state index in [0.29, 0.717) is 0 Å². The van der Waals surface area contributed by atoms with E-state index in [4.69, 9.17) is 0 Å². The molecule has 1 N–H and O–H groups in total. The van der Waals surface area contributed by atoms with E-state index in [1.54, 1.807) is 0 Å². The van der Waals surface area contributed by atoms with Crippen LogP contribution in [0.5, 0.6) is 0 Å². The summed E-state index contributed by atoms with van der Waals surface area (Å²) in [5.74, 6) is 0. The molecular weight excluding hydrogens is 126 g/mol. The molecule has 0 aromatic carbocycles. The zero-order chi connectivity index (χ0) is 7.78. The first-order valence-electron chi connectivity index (χ1n) is 3.96. The summed E-state index contributed by atoms with van der Waals surface area (Å²) in [5.41, 5.74) is 0.107. The lowest BCUT2D eigenvalue weighted by atomic mass is 9.90. The van der Waals surface area contributed by atoms with Crippen molar-refractivity contribution in [3.63, 3.8) is 0 Å². The van der Waals surface area contributed by atoms with E-state index in [1.807, 2.05) is 0 Å². The van der Waals surface area contributed by atoms with Gasteiger partial charge in [0.25, 0.3) is 0 Å². The second-order valence-corrected chi connectivity index (χ2v) is 3.83. The number of β-amino-alcohol motifs (C(OH)–C–C–N with tert-alkyl or cyclic N) is 1. The third-order valence-corrected chi connectivity index (χ3v) is 2.41. The van der Waals surface area contributed by atoms with Crippen LogP contribution in [0.1, 0.15) is 20.8 Å². The Bertz CT molecular complexity index is 122. The second-order valence-electron chi connectivity index (χ2n) is 3.83. The maximum atomic E-state index is 9.52. The van der Waals surface area contributed by atoms with Gasteiger partial charge in [-0.2, -0.15) is 0 Å². The highest BCUT2D eigenvalue weighted by atomic mass is 16.3. The van der Waals surface area contributed by atoms with Gasteiger partial charge in [0.1, 0.15) is 0 Å². The van der Waals surface area contributed by atoms with Gasteiger partial charge in [-0.15, -0.1) is 0 Å². The molecule has 0 aromatic rings. The van der Waals surface area contributed by atoms with E-state index in [2.05, 4.69) is 25.7 Å². The lowest BCUT2D eigenvalue weighted by molar-refractivity contribution is 0.0956. The molecule has 1 atom stereocenters. The molecule has 2 nitrogen and oxygen atoms in total. The highest BCUT2D eigenvalue weighted by Crippen LogP contribution is 2.28. The van der Waals surface area contributed by atoms with Gasteiger partial charge in [-0.05, 0) is 6.54 Å². The van der Waals surface area contributed by atoms with Gasteiger partial charge in [0, 0.05) is 18.5 Å². The summed E-state index contributed by atoms with van der Waals surface area (Å²) in [4.78, 5) is 2.28. The number of aliphatic hydroxyl groups is 1. The van der Waals surface area contributed by atoms with E-state index < -0.39 is 0 Å². The van der Waals surface area contributed by atoms with Gasteiger partial charge < -0.3 is 10.0 Å². The van der Waals surface area contributed by atoms with Crippen molar-refractivity contribution in [1.82, 2.24) is 4.90 Å². The Labute approximate surface area is 62.8 Å². The molecule has 0 aromatic heterocycles. The first kappa shape index (κ1) is 8.02. The molecule has 0 amide bonds. The van der Waals surface area contributed by atoms with Crippen molar-refractivity contribution in [2.45, 2.75) is 26.9 Å². The SMILES string of the molecule is CCN1C[C@H](O)C(C)(C)C1. The molecule has 0 spiro atoms. The average molecular weight is 143 g/mol. The third kappa shape index (κ3) is 1.32. The predicted octanol–water partition coefficient (Wildman–Crippen LogP) is 0.709. The molecule has 0 unspecified atom stereocenters. The van der Waals surface area contributed by atoms with E-state index in [9.17, 15) is 5.11 Å². The highest BCUT2D eigenvalue weighted by molar-refractivity contribution is 4.89. The first-order valence-corrected chi connectivity index (χ1v) is 3.96. The summed E-state index contributed by atoms with van der Waals surface area (Å²) in [6.45, 7) is 9.31. The number of likely N-dealkylation sites (N-methyl/N-ethyl adjacent to an activating group) is 1. The molecule has 0 radical (unpaired) electrons. The van der Waals surface area contributed by atoms with Crippen LogP contribution in [-0.2, 0) is 0 Å². The van der Waals surface area contributed by atoms with Crippen LogP contribution in [-0.4, -0.2) is 35.7 Å². The van der Waals surface area contributed by atoms with Crippen molar-refractivity contribution in [2.75, 3.05) is 19.6 Å². The van der Waals surface area contributed by atoms with Crippen LogP contribution in [0.25, 0.3) is 0 Å². The van der Waals surface area contributed by atoms with Crippen molar-refractivity contribution in [3.8, 4) is 0 Å². The molecule has 1 heterocycles. The molecule has 60 valence electrons. The molecule has 1 aliphatic rings. The fraction of sp³-hybridized carbons (Fsp3) is 1.00. The summed E-state index contributed by atoms with van der Waals surface area (Å²) in [6, 6.07) is 0. The molecule has 0 aliphatic carbocycles. The van der Waals surface area contributed by atoms with Gasteiger partial charge >= 0.3 is 0 Å². The van der Waals surface area contributed by atoms with E-state index >= 15 is 0 Å². The largest absolute Gasteiger partial charge is 0.391 e. The maximum Gasteiger partial charge on any atom is 0.0730 e. The Morgan fingerprint density at radius 1 is 1.60 bits per heavy atom. The molecule has 10 heavy (non-hydrogen) atoms. The smallest absolute Gasteiger partial charge is 0.0730 e. The lowest BCUT2D eigenvalue weighted by Gasteiger charge is -2.20. The number of hydrogen-bond acceptors (Lipinski definition) is 2. The number of aliphatic hydroxyl groups excluding tert-OH is 1. The Kier molecular flexibility index (Phi) is 2.02. The minimum atomic E-state index is -0.132. The standard InChI is InChI=1S/C8H17NO/c1-4-9-5-7(10)8(2,3)6-9/h7,10H,4-6H2,1-3H3/t7-/m0/s1. The number of rotatable bonds is 1. The first-order chi connectivity index (χ1) is 4.56. The van der Waals surface area contributed by atoms with Crippen molar-refractivity contribution in [3.05, 3.63) is 0 Å². The van der Waals surface area contributed by atoms with Crippen LogP contribution in [0.3, 0.4) is 0 Å². The van der Waals surface area contributed by atoms with Gasteiger partial charge in [-0.1, -0.05) is 20.8 Å². The zero-order valence-electron chi connectivity index (χ0n) is 7.09. The van der Waals surface area contributed by atoms with Gasteiger partial charge in [0.2, 0.25) is 0 Å². The lowest BCUT2D eigenvalue weighted by Crippen LogP contribution is -2.26. The summed E-state index contributed by atoms with van der Waals surface area (Å²) < 4.78 is 0. The van der Waals surface area contributed by atoms with Crippen molar-refractivity contribution in [2.24, 2.45) is 5.41 Å². The van der Waals surface area contributed by atoms with Crippen molar-refractivity contribution >= 4 is 0 Å². The van der Waals surface area contributed by atoms with Crippen LogP contribution < -0.4 is 0 Å². The summed E-state index contributed by atoms with van der Waals surface area (Å²) >= 11 is 0. The van der Waals surface area contributed by atoms with Gasteiger partial charge in [0.05, 0.1) is 6.10 Å². The molecule has 1 fully saturated rings. The zero-order valence-corrected chi connectivity index (χ0v) is 7.09. The summed E-state index contributed by atoms with van der Waals surface area (Å²) in [7, 11) is 0. The molecule has 2 heteroatoms. The van der Waals surface area contributed by atoms with Gasteiger partial charge in [0.15, 0.2) is 0 Å². The Hall–Kier alpha value is -0.0800. The molecule has 0 bridgehead atoms. The normalized spacial score (nSPS) is 33.0. The van der Waals surface area contributed by atoms with E-state index in [-0.39, 0.29) is 11.5 Å². The number of hydrogen-bond donors (Lipinski definition) is 1. The van der Waals surface area contributed by atoms with E-state index in [1.165, 1.54) is 0 Å². The van der Waals surface area contributed by atoms with Crippen molar-refractivity contribution in [1.29, 1.82) is 0 Å². The van der Waals surface area contributed by atoms with Crippen LogP contribution >= 0.6 is 0 Å². The fourth-order valence-corrected chi connectivity index (χ4v) is 1.48. The molecule has 0 saturated carbocycles. The van der Waals surface area contributed by atoms with Crippen molar-refractivity contribution < 1.29 is 5.11 Å². The van der Waals surface area contributed by atoms with Crippen LogP contribution in [0.4, 0.5) is 0 Å². The molecule has 1 aliphatic heterocycles.